The summed E-state index contributed by atoms with van der Waals surface area (Å²) >= 11 is 0. The first-order valence-corrected chi connectivity index (χ1v) is 10.2. The number of benzene rings is 2. The van der Waals surface area contributed by atoms with Gasteiger partial charge in [0, 0.05) is 22.9 Å². The summed E-state index contributed by atoms with van der Waals surface area (Å²) in [6.45, 7) is 0. The molecule has 0 aromatic heterocycles. The van der Waals surface area contributed by atoms with Gasteiger partial charge in [-0.15, -0.1) is 0 Å². The maximum Gasteiger partial charge on any atom is 0.343 e. The fraction of sp³-hybridized carbons (Fsp3) is 0.348. The van der Waals surface area contributed by atoms with E-state index in [4.69, 9.17) is 14.2 Å². The van der Waals surface area contributed by atoms with Crippen LogP contribution in [0.5, 0.6) is 11.5 Å². The number of amides is 2. The van der Waals surface area contributed by atoms with E-state index in [1.807, 2.05) is 0 Å². The minimum Gasteiger partial charge on any atom is -0.493 e. The fourth-order valence-corrected chi connectivity index (χ4v) is 3.79. The van der Waals surface area contributed by atoms with Crippen LogP contribution >= 0.6 is 0 Å². The second-order valence-electron chi connectivity index (χ2n) is 7.61. The first kappa shape index (κ1) is 20.7. The van der Waals surface area contributed by atoms with Gasteiger partial charge in [-0.2, -0.15) is 0 Å². The molecule has 2 amide bonds. The predicted octanol–water partition coefficient (Wildman–Crippen LogP) is 3.68. The Morgan fingerprint density at radius 2 is 1.81 bits per heavy atom. The lowest BCUT2D eigenvalue weighted by molar-refractivity contribution is -0.122. The second kappa shape index (κ2) is 8.67. The summed E-state index contributed by atoms with van der Waals surface area (Å²) in [5.74, 6) is -0.0707. The summed E-state index contributed by atoms with van der Waals surface area (Å²) in [5.41, 5.74) is 2.04. The molecule has 0 spiro atoms. The average Bonchev–Trinajstić information content (AvgIpc) is 3.01. The van der Waals surface area contributed by atoms with Crippen LogP contribution in [0, 0.1) is 5.92 Å². The monoisotopic (exact) mass is 424 g/mol. The lowest BCUT2D eigenvalue weighted by atomic mass is 9.85. The highest BCUT2D eigenvalue weighted by Crippen LogP contribution is 2.43. The van der Waals surface area contributed by atoms with Crippen LogP contribution in [0.25, 0.3) is 0 Å². The zero-order chi connectivity index (χ0) is 22.0. The number of ether oxygens (including phenoxy) is 3. The van der Waals surface area contributed by atoms with Crippen molar-refractivity contribution in [2.75, 3.05) is 24.9 Å². The molecule has 0 radical (unpaired) electrons. The Morgan fingerprint density at radius 3 is 2.45 bits per heavy atom. The van der Waals surface area contributed by atoms with Crippen molar-refractivity contribution < 1.29 is 28.6 Å². The van der Waals surface area contributed by atoms with E-state index in [0.717, 1.165) is 19.3 Å². The van der Waals surface area contributed by atoms with E-state index in [1.165, 1.54) is 14.2 Å². The fourth-order valence-electron chi connectivity index (χ4n) is 3.79. The highest BCUT2D eigenvalue weighted by molar-refractivity contribution is 6.00. The minimum absolute atomic E-state index is 0.00794. The van der Waals surface area contributed by atoms with Crippen LogP contribution in [-0.4, -0.2) is 32.0 Å². The quantitative estimate of drug-likeness (QED) is 0.658. The van der Waals surface area contributed by atoms with Crippen molar-refractivity contribution in [1.29, 1.82) is 0 Å². The van der Waals surface area contributed by atoms with E-state index in [0.29, 0.717) is 28.4 Å². The highest BCUT2D eigenvalue weighted by atomic mass is 16.6. The molecule has 162 valence electrons. The molecule has 2 N–H and O–H groups in total. The summed E-state index contributed by atoms with van der Waals surface area (Å²) in [7, 11) is 2.93. The molecule has 2 aromatic rings. The number of esters is 1. The molecule has 31 heavy (non-hydrogen) atoms. The summed E-state index contributed by atoms with van der Waals surface area (Å²) in [5, 5.41) is 5.69. The van der Waals surface area contributed by atoms with Gasteiger partial charge in [0.25, 0.3) is 0 Å². The zero-order valence-electron chi connectivity index (χ0n) is 17.4. The van der Waals surface area contributed by atoms with Gasteiger partial charge in [-0.25, -0.2) is 4.79 Å². The zero-order valence-corrected chi connectivity index (χ0v) is 17.4. The van der Waals surface area contributed by atoms with Crippen LogP contribution in [-0.2, 0) is 14.3 Å². The molecule has 2 aromatic carbocycles. The first-order chi connectivity index (χ1) is 15.0. The number of carbonyl (C=O) groups excluding carboxylic acids is 3. The number of carbonyl (C=O) groups is 3. The number of hydrogen-bond acceptors (Lipinski definition) is 6. The number of fused-ring (bicyclic) bond motifs is 1. The first-order valence-electron chi connectivity index (χ1n) is 10.2. The molecule has 1 atom stereocenters. The Balaban J connectivity index is 1.43. The van der Waals surface area contributed by atoms with Crippen molar-refractivity contribution in [1.82, 2.24) is 0 Å². The summed E-state index contributed by atoms with van der Waals surface area (Å²) < 4.78 is 16.0. The molecular formula is C23H24N2O6. The number of anilines is 2. The van der Waals surface area contributed by atoms with Crippen LogP contribution in [0.3, 0.4) is 0 Å². The molecule has 1 heterocycles. The maximum absolute atomic E-state index is 12.6. The predicted molar refractivity (Wildman–Crippen MR) is 113 cm³/mol. The maximum atomic E-state index is 12.6. The van der Waals surface area contributed by atoms with Gasteiger partial charge in [0.15, 0.2) is 11.5 Å². The third-order valence-electron chi connectivity index (χ3n) is 5.64. The summed E-state index contributed by atoms with van der Waals surface area (Å²) in [6, 6.07) is 10.4. The number of methoxy groups -OCH3 is 2. The van der Waals surface area contributed by atoms with Crippen LogP contribution < -0.4 is 20.1 Å². The van der Waals surface area contributed by atoms with Gasteiger partial charge >= 0.3 is 5.97 Å². The third-order valence-corrected chi connectivity index (χ3v) is 5.64. The average molecular weight is 424 g/mol. The van der Waals surface area contributed by atoms with Gasteiger partial charge in [-0.1, -0.05) is 18.6 Å². The number of cyclic esters (lactones) is 1. The number of rotatable bonds is 7. The molecule has 1 aliphatic heterocycles. The van der Waals surface area contributed by atoms with Crippen molar-refractivity contribution in [3.8, 4) is 11.5 Å². The Kier molecular flexibility index (Phi) is 5.79. The lowest BCUT2D eigenvalue weighted by Gasteiger charge is -2.24. The van der Waals surface area contributed by atoms with E-state index in [1.54, 1.807) is 36.4 Å². The molecule has 8 nitrogen and oxygen atoms in total. The van der Waals surface area contributed by atoms with Gasteiger partial charge in [-0.05, 0) is 37.1 Å². The van der Waals surface area contributed by atoms with E-state index in [-0.39, 0.29) is 29.7 Å². The molecule has 1 saturated carbocycles. The smallest absolute Gasteiger partial charge is 0.343 e. The van der Waals surface area contributed by atoms with Gasteiger partial charge < -0.3 is 24.8 Å². The summed E-state index contributed by atoms with van der Waals surface area (Å²) in [4.78, 5) is 37.1. The van der Waals surface area contributed by atoms with E-state index < -0.39 is 12.1 Å². The summed E-state index contributed by atoms with van der Waals surface area (Å²) in [6.07, 6.45) is 2.15. The van der Waals surface area contributed by atoms with Crippen molar-refractivity contribution in [3.05, 3.63) is 47.5 Å². The molecule has 0 saturated heterocycles. The SMILES string of the molecule is COc1ccc2c(c1OC)C(=O)OC2CC(=O)Nc1cccc(NC(=O)C2CCC2)c1. The molecular weight excluding hydrogens is 400 g/mol. The normalized spacial score (nSPS) is 17.2. The molecule has 4 rings (SSSR count). The van der Waals surface area contributed by atoms with E-state index >= 15 is 0 Å². The van der Waals surface area contributed by atoms with Gasteiger partial charge in [0.1, 0.15) is 11.7 Å². The third kappa shape index (κ3) is 4.19. The van der Waals surface area contributed by atoms with Crippen molar-refractivity contribution in [2.24, 2.45) is 5.92 Å². The Morgan fingerprint density at radius 1 is 1.06 bits per heavy atom. The van der Waals surface area contributed by atoms with Crippen LogP contribution in [0.2, 0.25) is 0 Å². The van der Waals surface area contributed by atoms with Gasteiger partial charge in [0.05, 0.1) is 20.6 Å². The van der Waals surface area contributed by atoms with E-state index in [2.05, 4.69) is 10.6 Å². The topological polar surface area (TPSA) is 103 Å². The molecule has 8 heteroatoms. The van der Waals surface area contributed by atoms with Crippen molar-refractivity contribution in [2.45, 2.75) is 31.8 Å². The lowest BCUT2D eigenvalue weighted by Crippen LogP contribution is -2.28. The molecule has 1 fully saturated rings. The molecule has 2 aliphatic rings. The van der Waals surface area contributed by atoms with E-state index in [9.17, 15) is 14.4 Å². The Labute approximate surface area is 179 Å². The molecule has 1 aliphatic carbocycles. The molecule has 0 bridgehead atoms. The van der Waals surface area contributed by atoms with Gasteiger partial charge in [-0.3, -0.25) is 9.59 Å². The Hall–Kier alpha value is -3.55. The second-order valence-corrected chi connectivity index (χ2v) is 7.61. The highest BCUT2D eigenvalue weighted by Gasteiger charge is 2.36. The minimum atomic E-state index is -0.719. The van der Waals surface area contributed by atoms with Gasteiger partial charge in [0.2, 0.25) is 11.8 Å². The van der Waals surface area contributed by atoms with Crippen molar-refractivity contribution in [3.63, 3.8) is 0 Å². The molecule has 1 unspecified atom stereocenters. The number of nitrogens with one attached hydrogen (secondary N) is 2. The number of hydrogen-bond donors (Lipinski definition) is 2. The van der Waals surface area contributed by atoms with Crippen LogP contribution in [0.1, 0.15) is 47.7 Å². The van der Waals surface area contributed by atoms with Crippen LogP contribution in [0.15, 0.2) is 36.4 Å². The Bertz CT molecular complexity index is 1030. The largest absolute Gasteiger partial charge is 0.493 e. The standard InChI is InChI=1S/C23H24N2O6/c1-29-17-10-9-16-18(31-23(28)20(16)21(17)30-2)12-19(26)24-14-7-4-8-15(11-14)25-22(27)13-5-3-6-13/h4,7-11,13,18H,3,5-6,12H2,1-2H3,(H,24,26)(H,25,27). The van der Waals surface area contributed by atoms with Crippen LogP contribution in [0.4, 0.5) is 11.4 Å². The van der Waals surface area contributed by atoms with Crippen molar-refractivity contribution >= 4 is 29.2 Å².